The van der Waals surface area contributed by atoms with Gasteiger partial charge in [-0.3, -0.25) is 0 Å². The molecule has 0 aliphatic carbocycles. The molecule has 0 atom stereocenters. The molecule has 2 heterocycles. The van der Waals surface area contributed by atoms with Crippen LogP contribution >= 0.6 is 0 Å². The predicted molar refractivity (Wildman–Crippen MR) is 93.7 cm³/mol. The maximum absolute atomic E-state index is 6.01. The van der Waals surface area contributed by atoms with Crippen molar-refractivity contribution in [3.63, 3.8) is 0 Å². The summed E-state index contributed by atoms with van der Waals surface area (Å²) in [4.78, 5) is 0. The van der Waals surface area contributed by atoms with Crippen molar-refractivity contribution in [3.8, 4) is 22.6 Å². The van der Waals surface area contributed by atoms with Crippen molar-refractivity contribution >= 4 is 0 Å². The van der Waals surface area contributed by atoms with Gasteiger partial charge in [0.15, 0.2) is 0 Å². The Morgan fingerprint density at radius 1 is 0.957 bits per heavy atom. The molecule has 120 valence electrons. The van der Waals surface area contributed by atoms with Crippen LogP contribution in [0.2, 0.25) is 0 Å². The summed E-state index contributed by atoms with van der Waals surface area (Å²) < 4.78 is 11.9. The van der Waals surface area contributed by atoms with Crippen LogP contribution < -0.4 is 9.47 Å². The van der Waals surface area contributed by atoms with Gasteiger partial charge in [0.2, 0.25) is 0 Å². The zero-order valence-corrected chi connectivity index (χ0v) is 14.2. The van der Waals surface area contributed by atoms with E-state index in [1.807, 2.05) is 0 Å². The largest absolute Gasteiger partial charge is 0.493 e. The summed E-state index contributed by atoms with van der Waals surface area (Å²) in [6.07, 6.45) is 3.04. The molecule has 2 aliphatic heterocycles. The number of rotatable bonds is 3. The highest BCUT2D eigenvalue weighted by molar-refractivity contribution is 5.79. The Morgan fingerprint density at radius 2 is 1.78 bits per heavy atom. The standard InChI is InChI=1S/C21H24O2/c1-4-14-9-18(17-6-8-22-20(17)10-14)19-12-16(13(2)3)11-15-5-7-23-21(15)19/h9-13H,4-8H2,1-3H3. The SMILES string of the molecule is CCc1cc2c(c(-c3cc(C(C)C)cc4c3OCC4)c1)CCO2. The van der Waals surface area contributed by atoms with Gasteiger partial charge in [-0.25, -0.2) is 0 Å². The molecular weight excluding hydrogens is 284 g/mol. The van der Waals surface area contributed by atoms with Gasteiger partial charge < -0.3 is 9.47 Å². The van der Waals surface area contributed by atoms with Crippen molar-refractivity contribution in [3.05, 3.63) is 46.5 Å². The Morgan fingerprint density at radius 3 is 2.57 bits per heavy atom. The molecule has 2 aromatic rings. The molecule has 2 nitrogen and oxygen atoms in total. The lowest BCUT2D eigenvalue weighted by Crippen LogP contribution is -1.96. The monoisotopic (exact) mass is 308 g/mol. The molecule has 0 unspecified atom stereocenters. The Kier molecular flexibility index (Phi) is 3.56. The first-order valence-electron chi connectivity index (χ1n) is 8.76. The van der Waals surface area contributed by atoms with E-state index < -0.39 is 0 Å². The van der Waals surface area contributed by atoms with Crippen molar-refractivity contribution in [1.29, 1.82) is 0 Å². The van der Waals surface area contributed by atoms with Gasteiger partial charge in [0.25, 0.3) is 0 Å². The first-order chi connectivity index (χ1) is 11.2. The van der Waals surface area contributed by atoms with E-state index in [9.17, 15) is 0 Å². The van der Waals surface area contributed by atoms with Crippen LogP contribution in [-0.4, -0.2) is 13.2 Å². The summed E-state index contributed by atoms with van der Waals surface area (Å²) in [6.45, 7) is 8.32. The molecule has 0 bridgehead atoms. The zero-order valence-electron chi connectivity index (χ0n) is 14.2. The van der Waals surface area contributed by atoms with Gasteiger partial charge in [0, 0.05) is 24.0 Å². The first kappa shape index (κ1) is 14.6. The second-order valence-corrected chi connectivity index (χ2v) is 6.88. The van der Waals surface area contributed by atoms with Gasteiger partial charge in [0.05, 0.1) is 13.2 Å². The molecule has 0 saturated heterocycles. The fourth-order valence-corrected chi connectivity index (χ4v) is 3.66. The molecule has 0 aromatic heterocycles. The zero-order chi connectivity index (χ0) is 16.0. The molecule has 2 aromatic carbocycles. The van der Waals surface area contributed by atoms with E-state index in [0.29, 0.717) is 5.92 Å². The van der Waals surface area contributed by atoms with Crippen molar-refractivity contribution < 1.29 is 9.47 Å². The van der Waals surface area contributed by atoms with E-state index >= 15 is 0 Å². The molecule has 0 N–H and O–H groups in total. The molecule has 0 fully saturated rings. The minimum Gasteiger partial charge on any atom is -0.493 e. The van der Waals surface area contributed by atoms with Crippen LogP contribution in [0.25, 0.3) is 11.1 Å². The second-order valence-electron chi connectivity index (χ2n) is 6.88. The van der Waals surface area contributed by atoms with Crippen molar-refractivity contribution in [2.75, 3.05) is 13.2 Å². The minimum atomic E-state index is 0.526. The van der Waals surface area contributed by atoms with Gasteiger partial charge in [-0.2, -0.15) is 0 Å². The van der Waals surface area contributed by atoms with Crippen LogP contribution in [0.5, 0.6) is 11.5 Å². The molecule has 0 amide bonds. The van der Waals surface area contributed by atoms with Gasteiger partial charge in [-0.1, -0.05) is 32.9 Å². The summed E-state index contributed by atoms with van der Waals surface area (Å²) in [7, 11) is 0. The van der Waals surface area contributed by atoms with Crippen LogP contribution in [0.15, 0.2) is 24.3 Å². The van der Waals surface area contributed by atoms with Crippen molar-refractivity contribution in [2.24, 2.45) is 0 Å². The fourth-order valence-electron chi connectivity index (χ4n) is 3.66. The number of hydrogen-bond donors (Lipinski definition) is 0. The lowest BCUT2D eigenvalue weighted by Gasteiger charge is -2.16. The van der Waals surface area contributed by atoms with Crippen LogP contribution in [0.1, 0.15) is 48.9 Å². The normalized spacial score (nSPS) is 15.3. The lowest BCUT2D eigenvalue weighted by atomic mass is 9.89. The van der Waals surface area contributed by atoms with Crippen LogP contribution in [-0.2, 0) is 19.3 Å². The summed E-state index contributed by atoms with van der Waals surface area (Å²) >= 11 is 0. The molecular formula is C21H24O2. The number of aryl methyl sites for hydroxylation is 1. The molecule has 0 saturated carbocycles. The van der Waals surface area contributed by atoms with Gasteiger partial charge in [-0.05, 0) is 46.7 Å². The fraction of sp³-hybridized carbons (Fsp3) is 0.429. The molecule has 0 spiro atoms. The van der Waals surface area contributed by atoms with E-state index in [4.69, 9.17) is 9.47 Å². The third kappa shape index (κ3) is 2.41. The Hall–Kier alpha value is -1.96. The maximum Gasteiger partial charge on any atom is 0.130 e. The van der Waals surface area contributed by atoms with Crippen LogP contribution in [0, 0.1) is 0 Å². The highest BCUT2D eigenvalue weighted by Gasteiger charge is 2.25. The molecule has 2 aliphatic rings. The minimum absolute atomic E-state index is 0.526. The number of ether oxygens (including phenoxy) is 2. The number of hydrogen-bond acceptors (Lipinski definition) is 2. The number of fused-ring (bicyclic) bond motifs is 2. The van der Waals surface area contributed by atoms with Crippen LogP contribution in [0.4, 0.5) is 0 Å². The number of benzene rings is 2. The van der Waals surface area contributed by atoms with E-state index in [1.165, 1.54) is 33.4 Å². The third-order valence-electron chi connectivity index (χ3n) is 5.05. The Bertz CT molecular complexity index is 759. The second kappa shape index (κ2) is 5.59. The molecule has 4 rings (SSSR count). The van der Waals surface area contributed by atoms with Crippen molar-refractivity contribution in [1.82, 2.24) is 0 Å². The maximum atomic E-state index is 6.01. The summed E-state index contributed by atoms with van der Waals surface area (Å²) in [5, 5.41) is 0. The Labute approximate surface area is 138 Å². The average Bonchev–Trinajstić information content (AvgIpc) is 3.21. The highest BCUT2D eigenvalue weighted by Crippen LogP contribution is 2.44. The van der Waals surface area contributed by atoms with E-state index in [-0.39, 0.29) is 0 Å². The third-order valence-corrected chi connectivity index (χ3v) is 5.05. The summed E-state index contributed by atoms with van der Waals surface area (Å²) in [5.74, 6) is 2.69. The average molecular weight is 308 g/mol. The quantitative estimate of drug-likeness (QED) is 0.802. The topological polar surface area (TPSA) is 18.5 Å². The van der Waals surface area contributed by atoms with Crippen LogP contribution in [0.3, 0.4) is 0 Å². The first-order valence-corrected chi connectivity index (χ1v) is 8.76. The van der Waals surface area contributed by atoms with Gasteiger partial charge in [-0.15, -0.1) is 0 Å². The highest BCUT2D eigenvalue weighted by atomic mass is 16.5. The summed E-state index contributed by atoms with van der Waals surface area (Å²) in [6, 6.07) is 9.22. The van der Waals surface area contributed by atoms with E-state index in [1.54, 1.807) is 0 Å². The van der Waals surface area contributed by atoms with E-state index in [2.05, 4.69) is 45.0 Å². The van der Waals surface area contributed by atoms with Gasteiger partial charge in [0.1, 0.15) is 11.5 Å². The van der Waals surface area contributed by atoms with Crippen molar-refractivity contribution in [2.45, 2.75) is 46.0 Å². The molecule has 23 heavy (non-hydrogen) atoms. The smallest absolute Gasteiger partial charge is 0.130 e. The molecule has 0 radical (unpaired) electrons. The van der Waals surface area contributed by atoms with Gasteiger partial charge >= 0.3 is 0 Å². The summed E-state index contributed by atoms with van der Waals surface area (Å²) in [5.41, 5.74) is 8.03. The Balaban J connectivity index is 1.96. The molecule has 2 heteroatoms. The van der Waals surface area contributed by atoms with E-state index in [0.717, 1.165) is 44.0 Å². The predicted octanol–water partition coefficient (Wildman–Crippen LogP) is 4.91. The lowest BCUT2D eigenvalue weighted by molar-refractivity contribution is 0.356.